The van der Waals surface area contributed by atoms with Crippen LogP contribution < -0.4 is 32.9 Å². The first kappa shape index (κ1) is 28.8. The topological polar surface area (TPSA) is 0 Å². The number of benzene rings is 3. The summed E-state index contributed by atoms with van der Waals surface area (Å²) in [5.74, 6) is 0.864. The predicted molar refractivity (Wildman–Crippen MR) is 151 cm³/mol. The zero-order valence-corrected chi connectivity index (χ0v) is 23.8. The summed E-state index contributed by atoms with van der Waals surface area (Å²) in [5.41, 5.74) is 0. The van der Waals surface area contributed by atoms with Gasteiger partial charge < -0.3 is 17.0 Å². The van der Waals surface area contributed by atoms with Crippen molar-refractivity contribution < 1.29 is 17.0 Å². The molecule has 0 fully saturated rings. The molecule has 0 heterocycles. The van der Waals surface area contributed by atoms with E-state index in [1.807, 2.05) is 0 Å². The highest BCUT2D eigenvalue weighted by Gasteiger charge is 2.44. The minimum atomic E-state index is -1.64. The second-order valence-electron chi connectivity index (χ2n) is 9.90. The second kappa shape index (κ2) is 16.3. The third-order valence-electron chi connectivity index (χ3n) is 6.87. The van der Waals surface area contributed by atoms with Crippen LogP contribution in [-0.4, -0.2) is 6.16 Å². The highest BCUT2D eigenvalue weighted by atomic mass is 79.9. The van der Waals surface area contributed by atoms with Crippen molar-refractivity contribution in [3.05, 3.63) is 91.0 Å². The summed E-state index contributed by atoms with van der Waals surface area (Å²) < 4.78 is 0. The molecule has 3 rings (SSSR count). The number of halogens is 1. The standard InChI is InChI=1S/C32H44P.BrH/c1-29(2)21-13-8-6-4-3-5-7-9-20-28-33(30-22-14-10-15-23-30,31-24-16-11-17-25-31)32-26-18-12-19-27-32;/h10-12,14-19,22-27,29H,3-9,13,20-21,28H2,1-2H3;1H/q+1;/p-1. The average molecular weight is 540 g/mol. The fraction of sp³-hybridized carbons (Fsp3) is 0.438. The van der Waals surface area contributed by atoms with E-state index in [1.54, 1.807) is 0 Å². The summed E-state index contributed by atoms with van der Waals surface area (Å²) in [6.07, 6.45) is 15.2. The van der Waals surface area contributed by atoms with E-state index >= 15 is 0 Å². The van der Waals surface area contributed by atoms with Gasteiger partial charge in [0.15, 0.2) is 0 Å². The van der Waals surface area contributed by atoms with Crippen molar-refractivity contribution in [2.75, 3.05) is 6.16 Å². The van der Waals surface area contributed by atoms with Crippen molar-refractivity contribution >= 4 is 23.2 Å². The summed E-state index contributed by atoms with van der Waals surface area (Å²) in [6, 6.07) is 34.0. The van der Waals surface area contributed by atoms with Gasteiger partial charge in [-0.05, 0) is 55.2 Å². The average Bonchev–Trinajstić information content (AvgIpc) is 2.86. The van der Waals surface area contributed by atoms with Crippen LogP contribution in [0.5, 0.6) is 0 Å². The highest BCUT2D eigenvalue weighted by Crippen LogP contribution is 2.55. The van der Waals surface area contributed by atoms with Gasteiger partial charge in [-0.3, -0.25) is 0 Å². The smallest absolute Gasteiger partial charge is 0.112 e. The van der Waals surface area contributed by atoms with Crippen LogP contribution >= 0.6 is 7.26 Å². The summed E-state index contributed by atoms with van der Waals surface area (Å²) in [7, 11) is -1.64. The zero-order chi connectivity index (χ0) is 23.2. The lowest BCUT2D eigenvalue weighted by molar-refractivity contribution is -0.00000689. The van der Waals surface area contributed by atoms with E-state index in [2.05, 4.69) is 105 Å². The van der Waals surface area contributed by atoms with Crippen molar-refractivity contribution in [1.29, 1.82) is 0 Å². The van der Waals surface area contributed by atoms with Crippen LogP contribution in [0.1, 0.15) is 78.1 Å². The minimum Gasteiger partial charge on any atom is -1.00 e. The molecule has 0 unspecified atom stereocenters. The lowest BCUT2D eigenvalue weighted by Crippen LogP contribution is -3.00. The molecule has 0 aliphatic rings. The quantitative estimate of drug-likeness (QED) is 0.176. The van der Waals surface area contributed by atoms with Gasteiger partial charge in [0.25, 0.3) is 0 Å². The van der Waals surface area contributed by atoms with Gasteiger partial charge >= 0.3 is 0 Å². The monoisotopic (exact) mass is 538 g/mol. The number of rotatable bonds is 15. The van der Waals surface area contributed by atoms with Gasteiger partial charge in [-0.25, -0.2) is 0 Å². The van der Waals surface area contributed by atoms with Crippen molar-refractivity contribution in [3.63, 3.8) is 0 Å². The highest BCUT2D eigenvalue weighted by molar-refractivity contribution is 7.95. The van der Waals surface area contributed by atoms with Gasteiger partial charge in [0, 0.05) is 0 Å². The number of hydrogen-bond donors (Lipinski definition) is 0. The van der Waals surface area contributed by atoms with Crippen LogP contribution in [0.4, 0.5) is 0 Å². The van der Waals surface area contributed by atoms with E-state index < -0.39 is 7.26 Å². The molecule has 0 aliphatic heterocycles. The minimum absolute atomic E-state index is 0. The van der Waals surface area contributed by atoms with Crippen LogP contribution in [0, 0.1) is 5.92 Å². The molecule has 0 spiro atoms. The van der Waals surface area contributed by atoms with Crippen LogP contribution in [0.2, 0.25) is 0 Å². The van der Waals surface area contributed by atoms with Crippen molar-refractivity contribution in [2.24, 2.45) is 5.92 Å². The molecule has 0 N–H and O–H groups in total. The fourth-order valence-electron chi connectivity index (χ4n) is 5.02. The summed E-state index contributed by atoms with van der Waals surface area (Å²) in [6.45, 7) is 4.68. The number of unbranched alkanes of at least 4 members (excludes halogenated alkanes) is 8. The molecule has 3 aromatic rings. The SMILES string of the molecule is CC(C)CCCCCCCCCCC[P+](c1ccccc1)(c1ccccc1)c1ccccc1.[Br-]. The Morgan fingerprint density at radius 2 is 0.794 bits per heavy atom. The van der Waals surface area contributed by atoms with E-state index in [-0.39, 0.29) is 17.0 Å². The predicted octanol–water partition coefficient (Wildman–Crippen LogP) is 5.54. The molecule has 184 valence electrons. The molecule has 0 saturated carbocycles. The van der Waals surface area contributed by atoms with E-state index in [1.165, 1.54) is 86.3 Å². The molecule has 0 radical (unpaired) electrons. The molecule has 0 nitrogen and oxygen atoms in total. The maximum atomic E-state index is 2.37. The van der Waals surface area contributed by atoms with Gasteiger partial charge in [-0.1, -0.05) is 120 Å². The molecule has 0 atom stereocenters. The van der Waals surface area contributed by atoms with Gasteiger partial charge in [-0.15, -0.1) is 0 Å². The largest absolute Gasteiger partial charge is 1.00 e. The number of hydrogen-bond acceptors (Lipinski definition) is 0. The summed E-state index contributed by atoms with van der Waals surface area (Å²) in [4.78, 5) is 0. The molecule has 0 aromatic heterocycles. The van der Waals surface area contributed by atoms with Gasteiger partial charge in [0.2, 0.25) is 0 Å². The van der Waals surface area contributed by atoms with Gasteiger partial charge in [0.05, 0.1) is 6.16 Å². The van der Waals surface area contributed by atoms with Crippen LogP contribution in [0.15, 0.2) is 91.0 Å². The van der Waals surface area contributed by atoms with E-state index in [9.17, 15) is 0 Å². The lowest BCUT2D eigenvalue weighted by Gasteiger charge is -2.27. The maximum absolute atomic E-state index is 2.37. The third kappa shape index (κ3) is 8.66. The summed E-state index contributed by atoms with van der Waals surface area (Å²) >= 11 is 0. The summed E-state index contributed by atoms with van der Waals surface area (Å²) in [5, 5.41) is 4.55. The molecule has 2 heteroatoms. The fourth-order valence-corrected chi connectivity index (χ4v) is 9.43. The first-order valence-electron chi connectivity index (χ1n) is 13.3. The molecular weight excluding hydrogens is 495 g/mol. The normalized spacial score (nSPS) is 11.4. The van der Waals surface area contributed by atoms with E-state index in [0.29, 0.717) is 0 Å². The van der Waals surface area contributed by atoms with Crippen LogP contribution in [-0.2, 0) is 0 Å². The van der Waals surface area contributed by atoms with Gasteiger partial charge in [0.1, 0.15) is 23.2 Å². The molecule has 0 saturated heterocycles. The van der Waals surface area contributed by atoms with Crippen LogP contribution in [0.25, 0.3) is 0 Å². The lowest BCUT2D eigenvalue weighted by atomic mass is 10.0. The first-order chi connectivity index (χ1) is 16.2. The maximum Gasteiger partial charge on any atom is 0.112 e. The first-order valence-corrected chi connectivity index (χ1v) is 15.3. The Morgan fingerprint density at radius 3 is 1.15 bits per heavy atom. The molecular formula is C32H44BrP. The Morgan fingerprint density at radius 1 is 0.471 bits per heavy atom. The Labute approximate surface area is 220 Å². The van der Waals surface area contributed by atoms with Crippen molar-refractivity contribution in [1.82, 2.24) is 0 Å². The Hall–Kier alpha value is -1.43. The van der Waals surface area contributed by atoms with Crippen molar-refractivity contribution in [3.8, 4) is 0 Å². The Balaban J connectivity index is 0.00000408. The Kier molecular flexibility index (Phi) is 13.8. The van der Waals surface area contributed by atoms with E-state index in [4.69, 9.17) is 0 Å². The zero-order valence-electron chi connectivity index (χ0n) is 21.3. The molecule has 34 heavy (non-hydrogen) atoms. The second-order valence-corrected chi connectivity index (χ2v) is 13.5. The van der Waals surface area contributed by atoms with E-state index in [0.717, 1.165) is 5.92 Å². The molecule has 3 aromatic carbocycles. The van der Waals surface area contributed by atoms with Crippen molar-refractivity contribution in [2.45, 2.75) is 78.1 Å². The Bertz CT molecular complexity index is 780. The van der Waals surface area contributed by atoms with Crippen LogP contribution in [0.3, 0.4) is 0 Å². The molecule has 0 aliphatic carbocycles. The third-order valence-corrected chi connectivity index (χ3v) is 11.4. The molecule has 0 bridgehead atoms. The van der Waals surface area contributed by atoms with Gasteiger partial charge in [-0.2, -0.15) is 0 Å². The molecule has 0 amide bonds.